The van der Waals surface area contributed by atoms with Crippen molar-refractivity contribution in [3.05, 3.63) is 64.9 Å². The van der Waals surface area contributed by atoms with Gasteiger partial charge < -0.3 is 4.74 Å². The molecule has 22 heavy (non-hydrogen) atoms. The van der Waals surface area contributed by atoms with Crippen molar-refractivity contribution in [1.82, 2.24) is 0 Å². The largest absolute Gasteiger partial charge is 0.422 e. The van der Waals surface area contributed by atoms with Crippen molar-refractivity contribution in [2.75, 3.05) is 7.05 Å². The lowest BCUT2D eigenvalue weighted by atomic mass is 10.2. The summed E-state index contributed by atoms with van der Waals surface area (Å²) in [6.45, 7) is 3.30. The normalized spacial score (nSPS) is 12.1. The van der Waals surface area contributed by atoms with Crippen LogP contribution in [0.25, 0.3) is 0 Å². The Labute approximate surface area is 131 Å². The number of amidine groups is 1. The number of carbonyl (C=O) groups excluding carboxylic acids is 1. The summed E-state index contributed by atoms with van der Waals surface area (Å²) in [5.41, 5.74) is 0.607. The van der Waals surface area contributed by atoms with Crippen LogP contribution in [-0.4, -0.2) is 24.8 Å². The first-order chi connectivity index (χ1) is 10.6. The van der Waals surface area contributed by atoms with Crippen molar-refractivity contribution < 1.29 is 13.9 Å². The minimum atomic E-state index is -0.714. The summed E-state index contributed by atoms with van der Waals surface area (Å²) in [7, 11) is 1.51. The highest BCUT2D eigenvalue weighted by Gasteiger charge is 2.10. The van der Waals surface area contributed by atoms with Gasteiger partial charge in [-0.15, -0.1) is 11.3 Å². The molecule has 6 heteroatoms. The topological polar surface area (TPSA) is 51.0 Å². The highest BCUT2D eigenvalue weighted by atomic mass is 32.1. The highest BCUT2D eigenvalue weighted by Crippen LogP contribution is 2.17. The Morgan fingerprint density at radius 2 is 2.05 bits per heavy atom. The van der Waals surface area contributed by atoms with Crippen LogP contribution >= 0.6 is 11.3 Å². The number of aliphatic imine (C=N–C) groups is 2. The lowest BCUT2D eigenvalue weighted by Gasteiger charge is -2.04. The molecule has 0 saturated heterocycles. The zero-order valence-corrected chi connectivity index (χ0v) is 12.6. The fourth-order valence-electron chi connectivity index (χ4n) is 1.61. The Morgan fingerprint density at radius 1 is 1.32 bits per heavy atom. The SMILES string of the molecule is C=CC(F)=NC(=NC)c1ccc(OC(=O)c2cccs2)cc1. The number of ether oxygens (including phenoxy) is 1. The monoisotopic (exact) mass is 316 g/mol. The van der Waals surface area contributed by atoms with E-state index in [2.05, 4.69) is 16.6 Å². The number of benzene rings is 1. The molecule has 0 aliphatic rings. The summed E-state index contributed by atoms with van der Waals surface area (Å²) in [5.74, 6) is -0.504. The standard InChI is InChI=1S/C16H13FN2O2S/c1-3-14(17)19-15(18-2)11-6-8-12(9-7-11)21-16(20)13-5-4-10-22-13/h3-10H,1H2,2H3. The van der Waals surface area contributed by atoms with E-state index in [1.807, 2.05) is 0 Å². The van der Waals surface area contributed by atoms with E-state index in [-0.39, 0.29) is 5.84 Å². The van der Waals surface area contributed by atoms with Crippen LogP contribution in [0.3, 0.4) is 0 Å². The predicted octanol–water partition coefficient (Wildman–Crippen LogP) is 3.90. The van der Waals surface area contributed by atoms with Crippen LogP contribution in [0.4, 0.5) is 4.39 Å². The molecule has 2 aromatic rings. The molecule has 0 atom stereocenters. The molecule has 0 unspecified atom stereocenters. The van der Waals surface area contributed by atoms with Gasteiger partial charge in [-0.2, -0.15) is 4.39 Å². The third-order valence-corrected chi connectivity index (χ3v) is 3.49. The average molecular weight is 316 g/mol. The van der Waals surface area contributed by atoms with Crippen molar-refractivity contribution in [1.29, 1.82) is 0 Å². The van der Waals surface area contributed by atoms with E-state index in [1.165, 1.54) is 18.4 Å². The van der Waals surface area contributed by atoms with Gasteiger partial charge in [0, 0.05) is 12.6 Å². The Hall–Kier alpha value is -2.60. The molecule has 1 aromatic carbocycles. The van der Waals surface area contributed by atoms with Crippen molar-refractivity contribution in [2.24, 2.45) is 9.98 Å². The maximum absolute atomic E-state index is 13.1. The van der Waals surface area contributed by atoms with Gasteiger partial charge in [0.05, 0.1) is 0 Å². The Kier molecular flexibility index (Phi) is 5.32. The molecule has 1 aromatic heterocycles. The molecule has 0 N–H and O–H groups in total. The van der Waals surface area contributed by atoms with Gasteiger partial charge in [-0.1, -0.05) is 12.6 Å². The van der Waals surface area contributed by atoms with Gasteiger partial charge in [0.15, 0.2) is 5.84 Å². The number of halogens is 1. The maximum atomic E-state index is 13.1. The molecular formula is C16H13FN2O2S. The van der Waals surface area contributed by atoms with Crippen LogP contribution in [0.2, 0.25) is 0 Å². The lowest BCUT2D eigenvalue weighted by molar-refractivity contribution is 0.0740. The summed E-state index contributed by atoms with van der Waals surface area (Å²) >= 11 is 1.31. The maximum Gasteiger partial charge on any atom is 0.353 e. The zero-order valence-electron chi connectivity index (χ0n) is 11.8. The highest BCUT2D eigenvalue weighted by molar-refractivity contribution is 7.12. The van der Waals surface area contributed by atoms with E-state index in [0.717, 1.165) is 6.08 Å². The van der Waals surface area contributed by atoms with Gasteiger partial charge in [-0.3, -0.25) is 4.99 Å². The number of hydrogen-bond acceptors (Lipinski definition) is 4. The Morgan fingerprint density at radius 3 is 2.59 bits per heavy atom. The van der Waals surface area contributed by atoms with E-state index in [0.29, 0.717) is 16.2 Å². The smallest absolute Gasteiger partial charge is 0.353 e. The summed E-state index contributed by atoms with van der Waals surface area (Å²) in [4.78, 5) is 19.9. The van der Waals surface area contributed by atoms with Gasteiger partial charge in [0.2, 0.25) is 5.97 Å². The zero-order chi connectivity index (χ0) is 15.9. The molecule has 4 nitrogen and oxygen atoms in total. The third-order valence-electron chi connectivity index (χ3n) is 2.64. The van der Waals surface area contributed by atoms with Crippen molar-refractivity contribution in [2.45, 2.75) is 0 Å². The van der Waals surface area contributed by atoms with Gasteiger partial charge in [-0.25, -0.2) is 9.79 Å². The molecular weight excluding hydrogens is 303 g/mol. The van der Waals surface area contributed by atoms with Crippen LogP contribution in [0, 0.1) is 0 Å². The van der Waals surface area contributed by atoms with Gasteiger partial charge in [0.1, 0.15) is 10.6 Å². The molecule has 112 valence electrons. The first-order valence-corrected chi connectivity index (χ1v) is 7.21. The molecule has 0 spiro atoms. The molecule has 0 fully saturated rings. The minimum absolute atomic E-state index is 0.230. The number of carbonyl (C=O) groups is 1. The van der Waals surface area contributed by atoms with E-state index < -0.39 is 11.9 Å². The minimum Gasteiger partial charge on any atom is -0.422 e. The van der Waals surface area contributed by atoms with E-state index in [4.69, 9.17) is 4.74 Å². The molecule has 0 bridgehead atoms. The molecule has 0 aliphatic carbocycles. The molecule has 0 saturated carbocycles. The van der Waals surface area contributed by atoms with Crippen LogP contribution in [-0.2, 0) is 0 Å². The van der Waals surface area contributed by atoms with Gasteiger partial charge in [-0.05, 0) is 41.8 Å². The van der Waals surface area contributed by atoms with Crippen molar-refractivity contribution in [3.63, 3.8) is 0 Å². The lowest BCUT2D eigenvalue weighted by Crippen LogP contribution is -2.06. The van der Waals surface area contributed by atoms with Crippen molar-refractivity contribution >= 4 is 29.1 Å². The fraction of sp³-hybridized carbons (Fsp3) is 0.0625. The van der Waals surface area contributed by atoms with E-state index >= 15 is 0 Å². The number of hydrogen-bond donors (Lipinski definition) is 0. The van der Waals surface area contributed by atoms with Crippen LogP contribution in [0.5, 0.6) is 5.75 Å². The van der Waals surface area contributed by atoms with Gasteiger partial charge in [0.25, 0.3) is 0 Å². The Balaban J connectivity index is 2.13. The fourth-order valence-corrected chi connectivity index (χ4v) is 2.21. The van der Waals surface area contributed by atoms with Crippen LogP contribution in [0.15, 0.2) is 64.4 Å². The summed E-state index contributed by atoms with van der Waals surface area (Å²) < 4.78 is 18.4. The summed E-state index contributed by atoms with van der Waals surface area (Å²) in [6.07, 6.45) is 1.00. The van der Waals surface area contributed by atoms with Crippen LogP contribution in [0.1, 0.15) is 15.2 Å². The first kappa shape index (κ1) is 15.8. The first-order valence-electron chi connectivity index (χ1n) is 6.33. The second kappa shape index (κ2) is 7.42. The summed E-state index contributed by atoms with van der Waals surface area (Å²) in [5, 5.41) is 1.80. The average Bonchev–Trinajstić information content (AvgIpc) is 3.07. The quantitative estimate of drug-likeness (QED) is 0.372. The third kappa shape index (κ3) is 3.95. The van der Waals surface area contributed by atoms with Crippen molar-refractivity contribution in [3.8, 4) is 5.75 Å². The Bertz CT molecular complexity index is 719. The number of esters is 1. The van der Waals surface area contributed by atoms with E-state index in [9.17, 15) is 9.18 Å². The second-order valence-electron chi connectivity index (χ2n) is 4.08. The second-order valence-corrected chi connectivity index (χ2v) is 5.02. The van der Waals surface area contributed by atoms with Crippen LogP contribution < -0.4 is 4.74 Å². The number of thiophene rings is 1. The number of nitrogens with zero attached hydrogens (tertiary/aromatic N) is 2. The number of allylic oxidation sites excluding steroid dienone is 1. The number of rotatable bonds is 4. The molecule has 0 amide bonds. The van der Waals surface area contributed by atoms with Gasteiger partial charge >= 0.3 is 5.97 Å². The summed E-state index contributed by atoms with van der Waals surface area (Å²) in [6, 6.07) is 9.98. The predicted molar refractivity (Wildman–Crippen MR) is 86.9 cm³/mol. The van der Waals surface area contributed by atoms with E-state index in [1.54, 1.807) is 41.8 Å². The molecule has 1 heterocycles. The molecule has 0 aliphatic heterocycles. The molecule has 2 rings (SSSR count). The molecule has 0 radical (unpaired) electrons.